The zero-order chi connectivity index (χ0) is 15.0. The number of aryl methyl sites for hydroxylation is 1. The molecule has 0 aliphatic rings. The van der Waals surface area contributed by atoms with Crippen molar-refractivity contribution < 1.29 is 0 Å². The largest absolute Gasteiger partial charge is 0.382 e. The van der Waals surface area contributed by atoms with E-state index in [4.69, 9.17) is 17.3 Å². The Kier molecular flexibility index (Phi) is 3.91. The Hall–Kier alpha value is -1.53. The van der Waals surface area contributed by atoms with Gasteiger partial charge in [0.05, 0.1) is 11.3 Å². The van der Waals surface area contributed by atoms with Gasteiger partial charge in [-0.25, -0.2) is 0 Å². The number of hydrogen-bond donors (Lipinski definition) is 2. The van der Waals surface area contributed by atoms with Gasteiger partial charge >= 0.3 is 0 Å². The predicted octanol–water partition coefficient (Wildman–Crippen LogP) is 4.89. The van der Waals surface area contributed by atoms with Crippen LogP contribution in [0.1, 0.15) is 5.56 Å². The number of anilines is 1. The Morgan fingerprint density at radius 3 is 2.71 bits per heavy atom. The molecule has 0 saturated carbocycles. The molecule has 0 bridgehead atoms. The van der Waals surface area contributed by atoms with Crippen molar-refractivity contribution in [2.24, 2.45) is 0 Å². The quantitative estimate of drug-likeness (QED) is 0.592. The fourth-order valence-corrected chi connectivity index (χ4v) is 3.15. The molecule has 3 nitrogen and oxygen atoms in total. The van der Waals surface area contributed by atoms with E-state index in [1.54, 1.807) is 0 Å². The number of rotatable bonds is 2. The molecule has 0 aliphatic heterocycles. The van der Waals surface area contributed by atoms with E-state index < -0.39 is 0 Å². The molecule has 21 heavy (non-hydrogen) atoms. The molecular weight excluding hydrogens is 397 g/mol. The van der Waals surface area contributed by atoms with Crippen LogP contribution < -0.4 is 5.73 Å². The zero-order valence-corrected chi connectivity index (χ0v) is 14.2. The lowest BCUT2D eigenvalue weighted by molar-refractivity contribution is 1.10. The molecule has 1 aromatic heterocycles. The van der Waals surface area contributed by atoms with Crippen LogP contribution in [0.3, 0.4) is 0 Å². The molecule has 3 aromatic rings. The van der Waals surface area contributed by atoms with Gasteiger partial charge in [0.25, 0.3) is 0 Å². The Balaban J connectivity index is 2.24. The Bertz CT molecular complexity index is 811. The summed E-state index contributed by atoms with van der Waals surface area (Å²) in [5, 5.41) is 7.91. The third-order valence-corrected chi connectivity index (χ3v) is 5.04. The third-order valence-electron chi connectivity index (χ3n) is 3.37. The lowest BCUT2D eigenvalue weighted by Gasteiger charge is -2.09. The maximum Gasteiger partial charge on any atom is 0.153 e. The number of aromatic amines is 1. The molecule has 3 rings (SSSR count). The molecule has 2 aromatic carbocycles. The van der Waals surface area contributed by atoms with Gasteiger partial charge in [-0.15, -0.1) is 0 Å². The van der Waals surface area contributed by atoms with Gasteiger partial charge in [0, 0.05) is 14.2 Å². The van der Waals surface area contributed by atoms with Crippen LogP contribution in [-0.2, 0) is 0 Å². The predicted molar refractivity (Wildman–Crippen MR) is 96.3 cm³/mol. The second kappa shape index (κ2) is 5.69. The zero-order valence-electron chi connectivity index (χ0n) is 11.3. The average Bonchev–Trinajstić information content (AvgIpc) is 2.83. The first kappa shape index (κ1) is 14.4. The molecule has 0 saturated heterocycles. The molecule has 1 heterocycles. The second-order valence-electron chi connectivity index (χ2n) is 4.81. The van der Waals surface area contributed by atoms with Crippen molar-refractivity contribution in [3.8, 4) is 22.4 Å². The van der Waals surface area contributed by atoms with Crippen LogP contribution in [0, 0.1) is 10.5 Å². The van der Waals surface area contributed by atoms with Gasteiger partial charge in [-0.2, -0.15) is 5.10 Å². The SMILES string of the molecule is Cc1cccc(-c2[nH]nc(N)c2-c2cccc(Cl)c2)c1I. The molecule has 5 heteroatoms. The normalized spacial score (nSPS) is 10.8. The fraction of sp³-hybridized carbons (Fsp3) is 0.0625. The van der Waals surface area contributed by atoms with Gasteiger partial charge < -0.3 is 5.73 Å². The highest BCUT2D eigenvalue weighted by atomic mass is 127. The van der Waals surface area contributed by atoms with Gasteiger partial charge in [0.2, 0.25) is 0 Å². The number of hydrogen-bond acceptors (Lipinski definition) is 2. The maximum atomic E-state index is 6.10. The van der Waals surface area contributed by atoms with E-state index in [2.05, 4.69) is 51.8 Å². The van der Waals surface area contributed by atoms with Crippen molar-refractivity contribution in [1.82, 2.24) is 10.2 Å². The van der Waals surface area contributed by atoms with Crippen LogP contribution >= 0.6 is 34.2 Å². The Labute approximate surface area is 141 Å². The summed E-state index contributed by atoms with van der Waals surface area (Å²) < 4.78 is 1.18. The summed E-state index contributed by atoms with van der Waals surface area (Å²) >= 11 is 8.44. The maximum absolute atomic E-state index is 6.10. The van der Waals surface area contributed by atoms with E-state index in [9.17, 15) is 0 Å². The summed E-state index contributed by atoms with van der Waals surface area (Å²) in [5.74, 6) is 0.476. The summed E-state index contributed by atoms with van der Waals surface area (Å²) in [6.07, 6.45) is 0. The monoisotopic (exact) mass is 409 g/mol. The molecule has 0 amide bonds. The van der Waals surface area contributed by atoms with Crippen molar-refractivity contribution in [2.75, 3.05) is 5.73 Å². The van der Waals surface area contributed by atoms with E-state index in [-0.39, 0.29) is 0 Å². The van der Waals surface area contributed by atoms with E-state index in [0.29, 0.717) is 10.8 Å². The highest BCUT2D eigenvalue weighted by Gasteiger charge is 2.17. The van der Waals surface area contributed by atoms with Gasteiger partial charge in [0.1, 0.15) is 0 Å². The van der Waals surface area contributed by atoms with E-state index in [1.165, 1.54) is 9.13 Å². The first-order chi connectivity index (χ1) is 10.1. The number of nitrogens with one attached hydrogen (secondary N) is 1. The van der Waals surface area contributed by atoms with Crippen molar-refractivity contribution in [3.05, 3.63) is 56.6 Å². The average molecular weight is 410 g/mol. The first-order valence-corrected chi connectivity index (χ1v) is 7.89. The summed E-state index contributed by atoms with van der Waals surface area (Å²) in [5.41, 5.74) is 11.1. The van der Waals surface area contributed by atoms with E-state index in [0.717, 1.165) is 22.4 Å². The molecule has 3 N–H and O–H groups in total. The van der Waals surface area contributed by atoms with Crippen LogP contribution in [0.4, 0.5) is 5.82 Å². The van der Waals surface area contributed by atoms with Crippen molar-refractivity contribution in [2.45, 2.75) is 6.92 Å². The lowest BCUT2D eigenvalue weighted by atomic mass is 10.00. The Morgan fingerprint density at radius 1 is 1.19 bits per heavy atom. The minimum absolute atomic E-state index is 0.476. The van der Waals surface area contributed by atoms with Gasteiger partial charge in [-0.3, -0.25) is 5.10 Å². The second-order valence-corrected chi connectivity index (χ2v) is 6.32. The topological polar surface area (TPSA) is 54.7 Å². The molecule has 0 aliphatic carbocycles. The number of benzene rings is 2. The number of H-pyrrole nitrogens is 1. The highest BCUT2D eigenvalue weighted by Crippen LogP contribution is 2.37. The van der Waals surface area contributed by atoms with Gasteiger partial charge in [-0.05, 0) is 52.8 Å². The molecule has 106 valence electrons. The van der Waals surface area contributed by atoms with Gasteiger partial charge in [0.15, 0.2) is 5.82 Å². The number of nitrogen functional groups attached to an aromatic ring is 1. The first-order valence-electron chi connectivity index (χ1n) is 6.43. The van der Waals surface area contributed by atoms with E-state index >= 15 is 0 Å². The van der Waals surface area contributed by atoms with Crippen molar-refractivity contribution in [3.63, 3.8) is 0 Å². The van der Waals surface area contributed by atoms with Crippen LogP contribution in [0.15, 0.2) is 42.5 Å². The number of nitrogens with two attached hydrogens (primary N) is 1. The molecule has 0 unspecified atom stereocenters. The summed E-state index contributed by atoms with van der Waals surface area (Å²) in [7, 11) is 0. The molecule has 0 radical (unpaired) electrons. The molecular formula is C16H13ClIN3. The molecule has 0 fully saturated rings. The number of halogens is 2. The fourth-order valence-electron chi connectivity index (χ4n) is 2.33. The van der Waals surface area contributed by atoms with Crippen molar-refractivity contribution >= 4 is 40.0 Å². The smallest absolute Gasteiger partial charge is 0.153 e. The minimum atomic E-state index is 0.476. The minimum Gasteiger partial charge on any atom is -0.382 e. The Morgan fingerprint density at radius 2 is 1.95 bits per heavy atom. The van der Waals surface area contributed by atoms with Crippen LogP contribution in [0.5, 0.6) is 0 Å². The number of aromatic nitrogens is 2. The number of nitrogens with zero attached hydrogens (tertiary/aromatic N) is 1. The summed E-state index contributed by atoms with van der Waals surface area (Å²) in [6, 6.07) is 13.8. The lowest BCUT2D eigenvalue weighted by Crippen LogP contribution is -1.91. The van der Waals surface area contributed by atoms with Crippen LogP contribution in [0.2, 0.25) is 5.02 Å². The van der Waals surface area contributed by atoms with E-state index in [1.807, 2.05) is 30.3 Å². The standard InChI is InChI=1S/C16H13ClIN3/c1-9-4-2-7-12(14(9)18)15-13(16(19)21-20-15)10-5-3-6-11(17)8-10/h2-8H,1H3,(H3,19,20,21). The highest BCUT2D eigenvalue weighted by molar-refractivity contribution is 14.1. The summed E-state index contributed by atoms with van der Waals surface area (Å²) in [4.78, 5) is 0. The van der Waals surface area contributed by atoms with Crippen LogP contribution in [-0.4, -0.2) is 10.2 Å². The summed E-state index contributed by atoms with van der Waals surface area (Å²) in [6.45, 7) is 2.09. The van der Waals surface area contributed by atoms with Gasteiger partial charge in [-0.1, -0.05) is 41.9 Å². The molecule has 0 atom stereocenters. The van der Waals surface area contributed by atoms with Crippen molar-refractivity contribution in [1.29, 1.82) is 0 Å². The van der Waals surface area contributed by atoms with Crippen LogP contribution in [0.25, 0.3) is 22.4 Å². The molecule has 0 spiro atoms. The third kappa shape index (κ3) is 2.65.